The van der Waals surface area contributed by atoms with Gasteiger partial charge in [0.25, 0.3) is 5.88 Å². The van der Waals surface area contributed by atoms with E-state index in [4.69, 9.17) is 10.5 Å². The van der Waals surface area contributed by atoms with E-state index in [0.717, 1.165) is 5.76 Å². The molecule has 0 radical (unpaired) electrons. The van der Waals surface area contributed by atoms with E-state index in [1.54, 1.807) is 0 Å². The van der Waals surface area contributed by atoms with Crippen molar-refractivity contribution in [3.8, 4) is 5.88 Å². The molecule has 0 amide bonds. The third-order valence-corrected chi connectivity index (χ3v) is 4.19. The maximum atomic E-state index is 6.14. The number of nitrogens with zero attached hydrogens (tertiary/aromatic N) is 4. The van der Waals surface area contributed by atoms with Crippen LogP contribution in [0.2, 0.25) is 0 Å². The van der Waals surface area contributed by atoms with Gasteiger partial charge in [0.2, 0.25) is 0 Å². The van der Waals surface area contributed by atoms with Gasteiger partial charge >= 0.3 is 0 Å². The molecule has 0 aromatic carbocycles. The molecule has 3 heterocycles. The number of nitrogens with one attached hydrogen (secondary N) is 1. The lowest BCUT2D eigenvalue weighted by atomic mass is 9.96. The average Bonchev–Trinajstić information content (AvgIpc) is 3.11. The van der Waals surface area contributed by atoms with Crippen LogP contribution in [-0.2, 0) is 5.54 Å². The molecule has 0 saturated carbocycles. The van der Waals surface area contributed by atoms with Crippen molar-refractivity contribution in [3.63, 3.8) is 0 Å². The second kappa shape index (κ2) is 5.09. The lowest BCUT2D eigenvalue weighted by molar-refractivity contribution is 0.326. The van der Waals surface area contributed by atoms with Crippen LogP contribution in [0, 0.1) is 5.92 Å². The maximum Gasteiger partial charge on any atom is 0.251 e. The van der Waals surface area contributed by atoms with Gasteiger partial charge < -0.3 is 15.8 Å². The summed E-state index contributed by atoms with van der Waals surface area (Å²) in [6.45, 7) is 6.17. The van der Waals surface area contributed by atoms with Crippen LogP contribution in [0.1, 0.15) is 20.8 Å². The van der Waals surface area contributed by atoms with Gasteiger partial charge in [0.05, 0.1) is 17.5 Å². The van der Waals surface area contributed by atoms with Crippen LogP contribution in [0.4, 0.5) is 5.82 Å². The second-order valence-corrected chi connectivity index (χ2v) is 6.98. The first kappa shape index (κ1) is 14.7. The number of fused-ring (bicyclic) bond motifs is 2. The molecular formula is C17H20N6O. The largest absolute Gasteiger partial charge is 0.439 e. The first-order chi connectivity index (χ1) is 11.4. The van der Waals surface area contributed by atoms with Crippen molar-refractivity contribution in [2.75, 3.05) is 5.73 Å². The van der Waals surface area contributed by atoms with Crippen LogP contribution < -0.4 is 15.8 Å². The second-order valence-electron chi connectivity index (χ2n) is 6.98. The van der Waals surface area contributed by atoms with Gasteiger partial charge in [-0.15, -0.1) is 5.10 Å². The molecule has 1 aliphatic carbocycles. The third kappa shape index (κ3) is 2.24. The van der Waals surface area contributed by atoms with E-state index < -0.39 is 0 Å². The molecule has 0 bridgehead atoms. The Hall–Kier alpha value is -2.83. The molecule has 124 valence electrons. The lowest BCUT2D eigenvalue weighted by Crippen LogP contribution is -2.26. The first-order valence-corrected chi connectivity index (χ1v) is 7.94. The van der Waals surface area contributed by atoms with Gasteiger partial charge in [0, 0.05) is 6.20 Å². The summed E-state index contributed by atoms with van der Waals surface area (Å²) in [5, 5.41) is 8.58. The average molecular weight is 324 g/mol. The molecule has 0 fully saturated rings. The number of hydrogen-bond acceptors (Lipinski definition) is 6. The number of aromatic nitrogens is 4. The van der Waals surface area contributed by atoms with Gasteiger partial charge in [-0.1, -0.05) is 24.3 Å². The monoisotopic (exact) mass is 324 g/mol. The molecule has 4 rings (SSSR count). The van der Waals surface area contributed by atoms with Crippen LogP contribution in [0.5, 0.6) is 5.88 Å². The summed E-state index contributed by atoms with van der Waals surface area (Å²) in [6.07, 6.45) is 11.6. The molecular weight excluding hydrogens is 304 g/mol. The highest BCUT2D eigenvalue weighted by Gasteiger charge is 2.31. The zero-order valence-electron chi connectivity index (χ0n) is 13.9. The smallest absolute Gasteiger partial charge is 0.251 e. The molecule has 1 aliphatic heterocycles. The number of ether oxygens (including phenoxy) is 1. The van der Waals surface area contributed by atoms with Crippen molar-refractivity contribution in [1.82, 2.24) is 25.1 Å². The van der Waals surface area contributed by atoms with Crippen LogP contribution in [0.25, 0.3) is 11.0 Å². The Morgan fingerprint density at radius 3 is 2.79 bits per heavy atom. The van der Waals surface area contributed by atoms with Crippen LogP contribution >= 0.6 is 0 Å². The Kier molecular flexibility index (Phi) is 3.13. The fraction of sp³-hybridized carbons (Fsp3) is 0.353. The summed E-state index contributed by atoms with van der Waals surface area (Å²) >= 11 is 0. The van der Waals surface area contributed by atoms with Gasteiger partial charge in [0.15, 0.2) is 5.65 Å². The number of nitrogen functional groups attached to an aromatic ring is 1. The molecule has 3 N–H and O–H groups in total. The lowest BCUT2D eigenvalue weighted by Gasteiger charge is -2.19. The molecule has 0 saturated heterocycles. The highest BCUT2D eigenvalue weighted by molar-refractivity contribution is 5.90. The molecule has 2 atom stereocenters. The Labute approximate surface area is 139 Å². The molecule has 7 nitrogen and oxygen atoms in total. The molecule has 24 heavy (non-hydrogen) atoms. The molecule has 2 aromatic heterocycles. The normalized spacial score (nSPS) is 22.4. The van der Waals surface area contributed by atoms with E-state index >= 15 is 0 Å². The minimum Gasteiger partial charge on any atom is -0.439 e. The number of rotatable bonds is 2. The summed E-state index contributed by atoms with van der Waals surface area (Å²) in [6, 6.07) is 0.217. The van der Waals surface area contributed by atoms with Crippen LogP contribution in [0.3, 0.4) is 0 Å². The Morgan fingerprint density at radius 1 is 1.21 bits per heavy atom. The Morgan fingerprint density at radius 2 is 2.00 bits per heavy atom. The van der Waals surface area contributed by atoms with Crippen molar-refractivity contribution < 1.29 is 4.74 Å². The topological polar surface area (TPSA) is 90.9 Å². The molecule has 2 aliphatic rings. The standard InChI is InChI=1S/C17H20N6O/c1-17(2,3)23-15-13(14(18)20-9-21-15)16(22-23)24-12-8-19-11-7-5-4-6-10(11)12/h4-11,19H,1-3H3,(H2,18,20,21). The van der Waals surface area contributed by atoms with Crippen LogP contribution in [0.15, 0.2) is 42.6 Å². The highest BCUT2D eigenvalue weighted by Crippen LogP contribution is 2.35. The van der Waals surface area contributed by atoms with Gasteiger partial charge in [0.1, 0.15) is 23.3 Å². The molecule has 2 unspecified atom stereocenters. The first-order valence-electron chi connectivity index (χ1n) is 7.94. The van der Waals surface area contributed by atoms with Crippen molar-refractivity contribution in [2.24, 2.45) is 5.92 Å². The number of anilines is 1. The van der Waals surface area contributed by atoms with E-state index in [2.05, 4.69) is 53.3 Å². The van der Waals surface area contributed by atoms with Gasteiger partial charge in [-0.25, -0.2) is 14.6 Å². The van der Waals surface area contributed by atoms with Crippen molar-refractivity contribution in [3.05, 3.63) is 42.6 Å². The Balaban J connectivity index is 1.78. The zero-order valence-corrected chi connectivity index (χ0v) is 13.9. The quantitative estimate of drug-likeness (QED) is 0.879. The van der Waals surface area contributed by atoms with Crippen molar-refractivity contribution in [1.29, 1.82) is 0 Å². The summed E-state index contributed by atoms with van der Waals surface area (Å²) in [5.41, 5.74) is 6.50. The van der Waals surface area contributed by atoms with Gasteiger partial charge in [-0.3, -0.25) is 0 Å². The highest BCUT2D eigenvalue weighted by atomic mass is 16.5. The fourth-order valence-electron chi connectivity index (χ4n) is 3.00. The number of allylic oxidation sites excluding steroid dienone is 2. The summed E-state index contributed by atoms with van der Waals surface area (Å²) in [7, 11) is 0. The van der Waals surface area contributed by atoms with Crippen molar-refractivity contribution in [2.45, 2.75) is 32.4 Å². The summed E-state index contributed by atoms with van der Waals surface area (Å²) < 4.78 is 7.96. The zero-order chi connectivity index (χ0) is 16.9. The van der Waals surface area contributed by atoms with E-state index in [-0.39, 0.29) is 17.5 Å². The number of nitrogens with two attached hydrogens (primary N) is 1. The Bertz CT molecular complexity index is 886. The minimum absolute atomic E-state index is 0.149. The van der Waals surface area contributed by atoms with E-state index in [1.165, 1.54) is 6.33 Å². The van der Waals surface area contributed by atoms with E-state index in [1.807, 2.05) is 23.0 Å². The third-order valence-electron chi connectivity index (χ3n) is 4.19. The minimum atomic E-state index is -0.251. The summed E-state index contributed by atoms with van der Waals surface area (Å²) in [4.78, 5) is 8.45. The predicted molar refractivity (Wildman–Crippen MR) is 92.1 cm³/mol. The predicted octanol–water partition coefficient (Wildman–Crippen LogP) is 2.10. The molecule has 7 heteroatoms. The van der Waals surface area contributed by atoms with Crippen LogP contribution in [-0.4, -0.2) is 25.8 Å². The maximum absolute atomic E-state index is 6.14. The SMILES string of the molecule is CC(C)(C)n1nc(OC2=CNC3C=CC=CC23)c2c(N)ncnc21. The molecule has 0 spiro atoms. The number of hydrogen-bond donors (Lipinski definition) is 2. The van der Waals surface area contributed by atoms with Crippen molar-refractivity contribution >= 4 is 16.9 Å². The fourth-order valence-corrected chi connectivity index (χ4v) is 3.00. The van der Waals surface area contributed by atoms with Gasteiger partial charge in [-0.05, 0) is 20.8 Å². The summed E-state index contributed by atoms with van der Waals surface area (Å²) in [5.74, 6) is 1.77. The van der Waals surface area contributed by atoms with E-state index in [0.29, 0.717) is 22.7 Å². The van der Waals surface area contributed by atoms with Gasteiger partial charge in [-0.2, -0.15) is 0 Å². The van der Waals surface area contributed by atoms with E-state index in [9.17, 15) is 0 Å². The molecule has 2 aromatic rings.